The Kier molecular flexibility index (Phi) is 4.51. The van der Waals surface area contributed by atoms with E-state index in [1.165, 1.54) is 0 Å². The van der Waals surface area contributed by atoms with Crippen molar-refractivity contribution in [3.63, 3.8) is 0 Å². The summed E-state index contributed by atoms with van der Waals surface area (Å²) in [5.41, 5.74) is 0. The molecule has 3 heteroatoms. The minimum atomic E-state index is -3.41. The van der Waals surface area contributed by atoms with E-state index in [1.54, 1.807) is 0 Å². The third-order valence-electron chi connectivity index (χ3n) is 3.05. The topological polar surface area (TPSA) is 9.23 Å². The Bertz CT molecular complexity index is 647. The van der Waals surface area contributed by atoms with E-state index in [0.29, 0.717) is 0 Å². The Morgan fingerprint density at radius 3 is 1.38 bits per heavy atom. The summed E-state index contributed by atoms with van der Waals surface area (Å²) >= 11 is -3.41. The summed E-state index contributed by atoms with van der Waals surface area (Å²) in [5.74, 6) is 0.821. The van der Waals surface area contributed by atoms with Crippen molar-refractivity contribution in [1.29, 1.82) is 0 Å². The van der Waals surface area contributed by atoms with Crippen LogP contribution in [-0.4, -0.2) is 17.5 Å². The van der Waals surface area contributed by atoms with Crippen molar-refractivity contribution in [2.75, 3.05) is 0 Å². The molecule has 0 atom stereocenters. The van der Waals surface area contributed by atoms with Crippen LogP contribution in [0.3, 0.4) is 0 Å². The summed E-state index contributed by atoms with van der Waals surface area (Å²) in [6.45, 7) is 0. The van der Waals surface area contributed by atoms with Gasteiger partial charge in [-0.15, -0.1) is 0 Å². The summed E-state index contributed by atoms with van der Waals surface area (Å²) in [7, 11) is 7.09. The van der Waals surface area contributed by atoms with Crippen molar-refractivity contribution in [2.24, 2.45) is 0 Å². The fourth-order valence-corrected chi connectivity index (χ4v) is 9.20. The molecular weight excluding hydrogens is 395 g/mol. The molecule has 21 heavy (non-hydrogen) atoms. The first-order valence-electron chi connectivity index (χ1n) is 6.67. The van der Waals surface area contributed by atoms with Crippen LogP contribution >= 0.6 is 8.96 Å². The van der Waals surface area contributed by atoms with Crippen LogP contribution in [0.25, 0.3) is 0 Å². The van der Waals surface area contributed by atoms with Gasteiger partial charge in [-0.05, 0) is 0 Å². The van der Waals surface area contributed by atoms with E-state index in [0.717, 1.165) is 13.0 Å². The molecule has 0 heterocycles. The van der Waals surface area contributed by atoms with Crippen LogP contribution < -0.4 is 10.3 Å². The van der Waals surface area contributed by atoms with E-state index >= 15 is 0 Å². The molecule has 0 N–H and O–H groups in total. The van der Waals surface area contributed by atoms with Crippen LogP contribution in [0.2, 0.25) is 0 Å². The molecule has 0 aliphatic rings. The SMILES string of the molecule is Cl[Te](Oc1ccccc1)(c1ccccc1)c1ccccc1. The predicted octanol–water partition coefficient (Wildman–Crippen LogP) is 3.56. The van der Waals surface area contributed by atoms with Gasteiger partial charge >= 0.3 is 134 Å². The average Bonchev–Trinajstić information content (AvgIpc) is 2.57. The first kappa shape index (κ1) is 14.5. The van der Waals surface area contributed by atoms with Gasteiger partial charge in [0, 0.05) is 0 Å². The maximum atomic E-state index is 7.09. The van der Waals surface area contributed by atoms with Crippen molar-refractivity contribution in [1.82, 2.24) is 0 Å². The monoisotopic (exact) mass is 412 g/mol. The maximum absolute atomic E-state index is 7.09. The molecule has 0 saturated heterocycles. The number of para-hydroxylation sites is 1. The molecule has 3 aromatic rings. The van der Waals surface area contributed by atoms with Crippen LogP contribution in [0.5, 0.6) is 5.75 Å². The first-order valence-corrected chi connectivity index (χ1v) is 12.9. The molecule has 3 aromatic carbocycles. The zero-order valence-electron chi connectivity index (χ0n) is 11.4. The molecule has 3 rings (SSSR count). The first-order chi connectivity index (χ1) is 10.3. The Labute approximate surface area is 133 Å². The molecular formula is C18H15ClOTe. The van der Waals surface area contributed by atoms with Crippen molar-refractivity contribution in [3.05, 3.63) is 91.0 Å². The fourth-order valence-electron chi connectivity index (χ4n) is 2.03. The van der Waals surface area contributed by atoms with E-state index in [2.05, 4.69) is 24.3 Å². The number of benzene rings is 3. The Morgan fingerprint density at radius 1 is 0.571 bits per heavy atom. The second-order valence-electron chi connectivity index (χ2n) is 4.51. The van der Waals surface area contributed by atoms with Gasteiger partial charge in [-0.3, -0.25) is 0 Å². The van der Waals surface area contributed by atoms with Gasteiger partial charge in [0.25, 0.3) is 0 Å². The number of hydrogen-bond acceptors (Lipinski definition) is 1. The summed E-state index contributed by atoms with van der Waals surface area (Å²) in [4.78, 5) is 0. The van der Waals surface area contributed by atoms with Crippen LogP contribution in [0.4, 0.5) is 0 Å². The van der Waals surface area contributed by atoms with Gasteiger partial charge in [-0.2, -0.15) is 0 Å². The third kappa shape index (κ3) is 3.24. The molecule has 0 spiro atoms. The van der Waals surface area contributed by atoms with Crippen molar-refractivity contribution in [3.8, 4) is 5.75 Å². The van der Waals surface area contributed by atoms with Crippen molar-refractivity contribution < 1.29 is 3.10 Å². The van der Waals surface area contributed by atoms with E-state index in [9.17, 15) is 0 Å². The van der Waals surface area contributed by atoms with Crippen LogP contribution in [0.1, 0.15) is 0 Å². The zero-order chi connectivity index (χ0) is 14.5. The molecule has 0 unspecified atom stereocenters. The summed E-state index contributed by atoms with van der Waals surface area (Å²) in [6, 6.07) is 30.1. The Balaban J connectivity index is 2.07. The van der Waals surface area contributed by atoms with Gasteiger partial charge in [0.05, 0.1) is 0 Å². The molecule has 0 bridgehead atoms. The molecule has 0 radical (unpaired) electrons. The van der Waals surface area contributed by atoms with Gasteiger partial charge in [0.2, 0.25) is 0 Å². The van der Waals surface area contributed by atoms with E-state index in [1.807, 2.05) is 66.7 Å². The van der Waals surface area contributed by atoms with Crippen LogP contribution in [0.15, 0.2) is 91.0 Å². The van der Waals surface area contributed by atoms with E-state index < -0.39 is 17.5 Å². The molecule has 0 aliphatic heterocycles. The van der Waals surface area contributed by atoms with Crippen LogP contribution in [-0.2, 0) is 0 Å². The molecule has 0 saturated carbocycles. The van der Waals surface area contributed by atoms with Crippen LogP contribution in [0, 0.1) is 0 Å². The van der Waals surface area contributed by atoms with E-state index in [-0.39, 0.29) is 0 Å². The number of hydrogen-bond donors (Lipinski definition) is 0. The van der Waals surface area contributed by atoms with Crippen molar-refractivity contribution in [2.45, 2.75) is 0 Å². The second kappa shape index (κ2) is 6.54. The van der Waals surface area contributed by atoms with Crippen molar-refractivity contribution >= 4 is 33.7 Å². The third-order valence-corrected chi connectivity index (χ3v) is 12.1. The molecule has 0 amide bonds. The van der Waals surface area contributed by atoms with Gasteiger partial charge in [0.15, 0.2) is 0 Å². The standard InChI is InChI=1S/C18H15ClOTe/c19-21(17-12-6-2-7-13-17,18-14-8-3-9-15-18)20-16-10-4-1-5-11-16/h1-15H. The molecule has 0 aromatic heterocycles. The normalized spacial score (nSPS) is 11.9. The molecule has 0 aliphatic carbocycles. The zero-order valence-corrected chi connectivity index (χ0v) is 14.4. The van der Waals surface area contributed by atoms with Gasteiger partial charge in [-0.1, -0.05) is 0 Å². The molecule has 106 valence electrons. The fraction of sp³-hybridized carbons (Fsp3) is 0. The summed E-state index contributed by atoms with van der Waals surface area (Å²) < 4.78 is 8.52. The summed E-state index contributed by atoms with van der Waals surface area (Å²) in [5, 5.41) is 0. The Morgan fingerprint density at radius 2 is 0.952 bits per heavy atom. The Hall–Kier alpha value is -1.46. The number of halogens is 1. The average molecular weight is 410 g/mol. The van der Waals surface area contributed by atoms with Gasteiger partial charge in [0.1, 0.15) is 0 Å². The molecule has 1 nitrogen and oxygen atoms in total. The predicted molar refractivity (Wildman–Crippen MR) is 90.8 cm³/mol. The summed E-state index contributed by atoms with van der Waals surface area (Å²) in [6.07, 6.45) is 0. The van der Waals surface area contributed by atoms with Gasteiger partial charge < -0.3 is 0 Å². The minimum absolute atomic E-state index is 0.821. The quantitative estimate of drug-likeness (QED) is 0.598. The van der Waals surface area contributed by atoms with E-state index in [4.69, 9.17) is 12.1 Å². The molecule has 0 fully saturated rings. The van der Waals surface area contributed by atoms with Gasteiger partial charge in [-0.25, -0.2) is 0 Å². The number of rotatable bonds is 4. The second-order valence-corrected chi connectivity index (χ2v) is 13.4.